The highest BCUT2D eigenvalue weighted by Crippen LogP contribution is 2.23. The minimum Gasteiger partial charge on any atom is -0.390 e. The molecule has 0 bridgehead atoms. The molecule has 0 spiro atoms. The van der Waals surface area contributed by atoms with Crippen molar-refractivity contribution >= 4 is 0 Å². The third-order valence-electron chi connectivity index (χ3n) is 2.85. The zero-order chi connectivity index (χ0) is 13.9. The summed E-state index contributed by atoms with van der Waals surface area (Å²) in [6.45, 7) is -0.263. The number of pyridine rings is 1. The van der Waals surface area contributed by atoms with E-state index in [2.05, 4.69) is 15.3 Å². The van der Waals surface area contributed by atoms with Crippen LogP contribution in [0.2, 0.25) is 0 Å². The molecule has 6 heteroatoms. The first kappa shape index (κ1) is 12.4. The molecule has 2 aromatic heterocycles. The third kappa shape index (κ3) is 2.17. The van der Waals surface area contributed by atoms with Gasteiger partial charge in [0, 0.05) is 6.20 Å². The van der Waals surface area contributed by atoms with E-state index < -0.39 is 0 Å². The summed E-state index contributed by atoms with van der Waals surface area (Å²) in [6.07, 6.45) is 1.64. The molecule has 0 aliphatic rings. The Kier molecular flexibility index (Phi) is 3.22. The number of aromatic nitrogens is 4. The highest BCUT2D eigenvalue weighted by atomic mass is 19.1. The number of benzene rings is 1. The second-order valence-corrected chi connectivity index (χ2v) is 4.15. The first-order chi connectivity index (χ1) is 9.79. The molecule has 1 aromatic carbocycles. The van der Waals surface area contributed by atoms with E-state index in [1.807, 2.05) is 6.07 Å². The van der Waals surface area contributed by atoms with Gasteiger partial charge in [-0.05, 0) is 30.3 Å². The largest absolute Gasteiger partial charge is 0.390 e. The van der Waals surface area contributed by atoms with Crippen molar-refractivity contribution in [3.05, 3.63) is 60.2 Å². The summed E-state index contributed by atoms with van der Waals surface area (Å²) in [7, 11) is 0. The summed E-state index contributed by atoms with van der Waals surface area (Å²) in [5.74, 6) is -0.365. The lowest BCUT2D eigenvalue weighted by Crippen LogP contribution is -2.01. The van der Waals surface area contributed by atoms with Gasteiger partial charge < -0.3 is 5.11 Å². The lowest BCUT2D eigenvalue weighted by Gasteiger charge is -2.07. The fourth-order valence-electron chi connectivity index (χ4n) is 1.97. The molecule has 0 saturated carbocycles. The van der Waals surface area contributed by atoms with Crippen molar-refractivity contribution in [1.29, 1.82) is 0 Å². The van der Waals surface area contributed by atoms with Crippen LogP contribution in [0.15, 0.2) is 48.7 Å². The van der Waals surface area contributed by atoms with Crippen molar-refractivity contribution in [3.8, 4) is 17.1 Å². The van der Waals surface area contributed by atoms with E-state index in [1.165, 1.54) is 16.8 Å². The topological polar surface area (TPSA) is 63.8 Å². The Labute approximate surface area is 114 Å². The molecule has 0 aliphatic heterocycles. The van der Waals surface area contributed by atoms with E-state index in [9.17, 15) is 9.50 Å². The van der Waals surface area contributed by atoms with Crippen LogP contribution < -0.4 is 0 Å². The van der Waals surface area contributed by atoms with Gasteiger partial charge in [-0.2, -0.15) is 0 Å². The molecular weight excluding hydrogens is 259 g/mol. The normalized spacial score (nSPS) is 10.7. The van der Waals surface area contributed by atoms with Crippen LogP contribution in [0.1, 0.15) is 5.69 Å². The number of rotatable bonds is 3. The SMILES string of the molecule is OCc1nnn(-c2cccc(F)c2)c1-c1ccccn1. The van der Waals surface area contributed by atoms with Crippen molar-refractivity contribution in [2.24, 2.45) is 0 Å². The Hall–Kier alpha value is -2.60. The molecule has 0 radical (unpaired) electrons. The van der Waals surface area contributed by atoms with Crippen molar-refractivity contribution < 1.29 is 9.50 Å². The van der Waals surface area contributed by atoms with Crippen LogP contribution >= 0.6 is 0 Å². The lowest BCUT2D eigenvalue weighted by molar-refractivity contribution is 0.277. The predicted octanol–water partition coefficient (Wildman–Crippen LogP) is 1.96. The van der Waals surface area contributed by atoms with Gasteiger partial charge in [-0.25, -0.2) is 9.07 Å². The lowest BCUT2D eigenvalue weighted by atomic mass is 10.2. The van der Waals surface area contributed by atoms with E-state index in [-0.39, 0.29) is 12.4 Å². The molecule has 0 aliphatic carbocycles. The van der Waals surface area contributed by atoms with Crippen LogP contribution in [-0.2, 0) is 6.61 Å². The van der Waals surface area contributed by atoms with Gasteiger partial charge in [-0.3, -0.25) is 4.98 Å². The Morgan fingerprint density at radius 3 is 2.75 bits per heavy atom. The van der Waals surface area contributed by atoms with Crippen LogP contribution in [0.4, 0.5) is 4.39 Å². The maximum Gasteiger partial charge on any atom is 0.125 e. The Morgan fingerprint density at radius 2 is 2.05 bits per heavy atom. The minimum atomic E-state index is -0.365. The maximum atomic E-state index is 13.3. The first-order valence-electron chi connectivity index (χ1n) is 6.02. The maximum absolute atomic E-state index is 13.3. The fraction of sp³-hybridized carbons (Fsp3) is 0.0714. The van der Waals surface area contributed by atoms with Crippen LogP contribution in [0.5, 0.6) is 0 Å². The van der Waals surface area contributed by atoms with E-state index >= 15 is 0 Å². The fourth-order valence-corrected chi connectivity index (χ4v) is 1.97. The first-order valence-corrected chi connectivity index (χ1v) is 6.02. The Balaban J connectivity index is 2.20. The molecule has 0 saturated heterocycles. The predicted molar refractivity (Wildman–Crippen MR) is 70.5 cm³/mol. The molecular formula is C14H11FN4O. The molecule has 3 rings (SSSR count). The quantitative estimate of drug-likeness (QED) is 0.790. The van der Waals surface area contributed by atoms with E-state index in [1.54, 1.807) is 30.5 Å². The van der Waals surface area contributed by atoms with Crippen molar-refractivity contribution in [3.63, 3.8) is 0 Å². The van der Waals surface area contributed by atoms with Gasteiger partial charge in [0.25, 0.3) is 0 Å². The third-order valence-corrected chi connectivity index (χ3v) is 2.85. The summed E-state index contributed by atoms with van der Waals surface area (Å²) in [5, 5.41) is 17.3. The molecule has 2 heterocycles. The molecule has 0 unspecified atom stereocenters. The van der Waals surface area contributed by atoms with E-state index in [0.29, 0.717) is 22.8 Å². The van der Waals surface area contributed by atoms with Gasteiger partial charge in [0.15, 0.2) is 0 Å². The number of halogens is 1. The second kappa shape index (κ2) is 5.18. The Morgan fingerprint density at radius 1 is 1.15 bits per heavy atom. The molecule has 100 valence electrons. The standard InChI is InChI=1S/C14H11FN4O/c15-10-4-3-5-11(8-10)19-14(13(9-20)17-18-19)12-6-1-2-7-16-12/h1-8,20H,9H2. The van der Waals surface area contributed by atoms with Crippen LogP contribution in [0.3, 0.4) is 0 Å². The van der Waals surface area contributed by atoms with Crippen LogP contribution in [0.25, 0.3) is 17.1 Å². The monoisotopic (exact) mass is 270 g/mol. The number of aliphatic hydroxyl groups excluding tert-OH is 1. The molecule has 5 nitrogen and oxygen atoms in total. The van der Waals surface area contributed by atoms with Crippen molar-refractivity contribution in [1.82, 2.24) is 20.0 Å². The van der Waals surface area contributed by atoms with Crippen molar-refractivity contribution in [2.45, 2.75) is 6.61 Å². The second-order valence-electron chi connectivity index (χ2n) is 4.15. The molecule has 3 aromatic rings. The molecule has 0 amide bonds. The highest BCUT2D eigenvalue weighted by molar-refractivity contribution is 5.60. The zero-order valence-corrected chi connectivity index (χ0v) is 10.4. The van der Waals surface area contributed by atoms with Crippen LogP contribution in [-0.4, -0.2) is 25.1 Å². The number of hydrogen-bond acceptors (Lipinski definition) is 4. The number of hydrogen-bond donors (Lipinski definition) is 1. The highest BCUT2D eigenvalue weighted by Gasteiger charge is 2.16. The zero-order valence-electron chi connectivity index (χ0n) is 10.4. The van der Waals surface area contributed by atoms with Gasteiger partial charge in [-0.1, -0.05) is 17.3 Å². The van der Waals surface area contributed by atoms with Gasteiger partial charge >= 0.3 is 0 Å². The average molecular weight is 270 g/mol. The van der Waals surface area contributed by atoms with Crippen molar-refractivity contribution in [2.75, 3.05) is 0 Å². The smallest absolute Gasteiger partial charge is 0.125 e. The molecule has 0 atom stereocenters. The number of nitrogens with zero attached hydrogens (tertiary/aromatic N) is 4. The summed E-state index contributed by atoms with van der Waals surface area (Å²) in [5.41, 5.74) is 2.09. The van der Waals surface area contributed by atoms with E-state index in [0.717, 1.165) is 0 Å². The minimum absolute atomic E-state index is 0.263. The summed E-state index contributed by atoms with van der Waals surface area (Å²) in [4.78, 5) is 4.23. The Bertz CT molecular complexity index is 727. The summed E-state index contributed by atoms with van der Waals surface area (Å²) < 4.78 is 14.8. The molecule has 1 N–H and O–H groups in total. The van der Waals surface area contributed by atoms with Gasteiger partial charge in [0.05, 0.1) is 18.0 Å². The van der Waals surface area contributed by atoms with E-state index in [4.69, 9.17) is 0 Å². The summed E-state index contributed by atoms with van der Waals surface area (Å²) >= 11 is 0. The van der Waals surface area contributed by atoms with Gasteiger partial charge in [-0.15, -0.1) is 5.10 Å². The number of aliphatic hydroxyl groups is 1. The van der Waals surface area contributed by atoms with Crippen LogP contribution in [0, 0.1) is 5.82 Å². The summed E-state index contributed by atoms with van der Waals surface area (Å²) in [6, 6.07) is 11.4. The van der Waals surface area contributed by atoms with Gasteiger partial charge in [0.2, 0.25) is 0 Å². The average Bonchev–Trinajstić information content (AvgIpc) is 2.92. The van der Waals surface area contributed by atoms with Gasteiger partial charge in [0.1, 0.15) is 17.2 Å². The molecule has 0 fully saturated rings. The molecule has 20 heavy (non-hydrogen) atoms.